The number of methoxy groups -OCH3 is 1. The molecule has 5 amide bonds. The number of ketones is 1. The summed E-state index contributed by atoms with van der Waals surface area (Å²) in [5, 5.41) is 11.0. The maximum absolute atomic E-state index is 14.1. The lowest BCUT2D eigenvalue weighted by molar-refractivity contribution is -0.144. The zero-order chi connectivity index (χ0) is 33.5. The molecule has 13 heteroatoms. The third-order valence-corrected chi connectivity index (χ3v) is 9.64. The smallest absolute Gasteiger partial charge is 0.438 e. The number of piperidine rings is 1. The maximum atomic E-state index is 14.1. The van der Waals surface area contributed by atoms with Gasteiger partial charge in [-0.25, -0.2) is 9.59 Å². The van der Waals surface area contributed by atoms with Gasteiger partial charge in [0.2, 0.25) is 17.6 Å². The zero-order valence-electron chi connectivity index (χ0n) is 27.5. The lowest BCUT2D eigenvalue weighted by Gasteiger charge is -2.38. The monoisotopic (exact) mass is 633 g/mol. The number of ether oxygens (including phenoxy) is 2. The molecular weight excluding hydrogens is 582 g/mol. The highest BCUT2D eigenvalue weighted by atomic mass is 16.7. The van der Waals surface area contributed by atoms with Crippen molar-refractivity contribution in [3.05, 3.63) is 12.7 Å². The molecule has 2 saturated carbocycles. The van der Waals surface area contributed by atoms with Gasteiger partial charge < -0.3 is 35.6 Å². The van der Waals surface area contributed by atoms with Gasteiger partial charge in [-0.05, 0) is 42.4 Å². The van der Waals surface area contributed by atoms with Crippen molar-refractivity contribution in [1.29, 1.82) is 0 Å². The number of hydrogen-bond donors (Lipinski definition) is 4. The summed E-state index contributed by atoms with van der Waals surface area (Å²) < 4.78 is 9.81. The lowest BCUT2D eigenvalue weighted by Crippen LogP contribution is -2.62. The van der Waals surface area contributed by atoms with Gasteiger partial charge in [-0.1, -0.05) is 66.4 Å². The van der Waals surface area contributed by atoms with E-state index in [1.165, 1.54) is 18.1 Å². The highest BCUT2D eigenvalue weighted by Crippen LogP contribution is 2.65. The van der Waals surface area contributed by atoms with Gasteiger partial charge in [0, 0.05) is 13.1 Å². The van der Waals surface area contributed by atoms with Crippen molar-refractivity contribution in [2.45, 2.75) is 103 Å². The summed E-state index contributed by atoms with van der Waals surface area (Å²) in [5.41, 5.74) is -0.975. The molecule has 0 spiro atoms. The molecule has 1 unspecified atom stereocenters. The van der Waals surface area contributed by atoms with Crippen LogP contribution in [0.1, 0.15) is 79.6 Å². The third-order valence-electron chi connectivity index (χ3n) is 9.64. The fourth-order valence-corrected chi connectivity index (χ4v) is 6.94. The Balaban J connectivity index is 1.77. The second-order valence-corrected chi connectivity index (χ2v) is 13.5. The Morgan fingerprint density at radius 2 is 1.71 bits per heavy atom. The van der Waals surface area contributed by atoms with E-state index < -0.39 is 59.4 Å². The van der Waals surface area contributed by atoms with E-state index in [-0.39, 0.29) is 42.7 Å². The summed E-state index contributed by atoms with van der Waals surface area (Å²) >= 11 is 0. The van der Waals surface area contributed by atoms with Crippen LogP contribution in [0.3, 0.4) is 0 Å². The van der Waals surface area contributed by atoms with Gasteiger partial charge >= 0.3 is 12.2 Å². The largest absolute Gasteiger partial charge is 0.508 e. The van der Waals surface area contributed by atoms with Gasteiger partial charge in [-0.3, -0.25) is 19.2 Å². The molecule has 0 bridgehead atoms. The summed E-state index contributed by atoms with van der Waals surface area (Å²) in [7, 11) is 1.22. The molecule has 0 aromatic heterocycles. The number of carbonyl (C=O) groups excluding carboxylic acids is 6. The number of nitrogens with one attached hydrogen (secondary N) is 4. The van der Waals surface area contributed by atoms with E-state index in [4.69, 9.17) is 4.74 Å². The summed E-state index contributed by atoms with van der Waals surface area (Å²) in [4.78, 5) is 79.8. The van der Waals surface area contributed by atoms with Crippen molar-refractivity contribution in [3.63, 3.8) is 0 Å². The van der Waals surface area contributed by atoms with Crippen molar-refractivity contribution in [1.82, 2.24) is 26.2 Å². The molecule has 252 valence electrons. The van der Waals surface area contributed by atoms with Crippen molar-refractivity contribution in [2.75, 3.05) is 26.8 Å². The van der Waals surface area contributed by atoms with Crippen LogP contribution in [-0.4, -0.2) is 91.1 Å². The van der Waals surface area contributed by atoms with Crippen LogP contribution in [0.15, 0.2) is 12.7 Å². The molecule has 0 aromatic carbocycles. The molecule has 3 rings (SSSR count). The Labute approximate surface area is 266 Å². The Morgan fingerprint density at radius 1 is 1.04 bits per heavy atom. The Morgan fingerprint density at radius 3 is 2.29 bits per heavy atom. The summed E-state index contributed by atoms with van der Waals surface area (Å²) in [6, 6.07) is -3.40. The molecule has 3 aliphatic rings. The van der Waals surface area contributed by atoms with Crippen LogP contribution in [0.2, 0.25) is 0 Å². The maximum Gasteiger partial charge on any atom is 0.508 e. The predicted octanol–water partition coefficient (Wildman–Crippen LogP) is 2.44. The highest BCUT2D eigenvalue weighted by Gasteiger charge is 2.69. The van der Waals surface area contributed by atoms with Crippen LogP contribution < -0.4 is 21.3 Å². The van der Waals surface area contributed by atoms with E-state index in [2.05, 4.69) is 32.6 Å². The molecule has 5 atom stereocenters. The molecule has 2 aliphatic carbocycles. The van der Waals surface area contributed by atoms with Crippen molar-refractivity contribution < 1.29 is 38.2 Å². The van der Waals surface area contributed by atoms with Gasteiger partial charge in [-0.15, -0.1) is 6.58 Å². The average Bonchev–Trinajstić information content (AvgIpc) is 3.31. The third kappa shape index (κ3) is 8.35. The van der Waals surface area contributed by atoms with Crippen LogP contribution in [0, 0.1) is 23.2 Å². The second-order valence-electron chi connectivity index (χ2n) is 13.5. The molecule has 1 heterocycles. The average molecular weight is 634 g/mol. The first kappa shape index (κ1) is 35.8. The minimum atomic E-state index is -1.03. The van der Waals surface area contributed by atoms with Crippen molar-refractivity contribution in [2.24, 2.45) is 23.2 Å². The van der Waals surface area contributed by atoms with Gasteiger partial charge in [0.1, 0.15) is 18.7 Å². The van der Waals surface area contributed by atoms with Crippen molar-refractivity contribution in [3.8, 4) is 0 Å². The summed E-state index contributed by atoms with van der Waals surface area (Å²) in [5.74, 6) is -2.80. The van der Waals surface area contributed by atoms with Gasteiger partial charge in [0.15, 0.2) is 0 Å². The highest BCUT2D eigenvalue weighted by molar-refractivity contribution is 6.38. The number of fused-ring (bicyclic) bond motifs is 1. The van der Waals surface area contributed by atoms with E-state index >= 15 is 0 Å². The number of hydrogen-bond acceptors (Lipinski definition) is 8. The number of carbonyl (C=O) groups is 6. The van der Waals surface area contributed by atoms with Crippen LogP contribution in [0.25, 0.3) is 0 Å². The summed E-state index contributed by atoms with van der Waals surface area (Å²) in [6.45, 7) is 13.5. The number of likely N-dealkylation sites (tertiary alicyclic amines) is 1. The molecule has 13 nitrogen and oxygen atoms in total. The molecular formula is C32H51N5O8. The first-order chi connectivity index (χ1) is 21.2. The van der Waals surface area contributed by atoms with E-state index in [1.54, 1.807) is 0 Å². The van der Waals surface area contributed by atoms with E-state index in [9.17, 15) is 28.8 Å². The van der Waals surface area contributed by atoms with Crippen molar-refractivity contribution >= 4 is 35.7 Å². The lowest BCUT2D eigenvalue weighted by atomic mass is 9.82. The quantitative estimate of drug-likeness (QED) is 0.128. The number of rotatable bonds is 14. The molecule has 4 N–H and O–H groups in total. The number of amides is 5. The normalized spacial score (nSPS) is 23.9. The van der Waals surface area contributed by atoms with Crippen LogP contribution in [0.5, 0.6) is 0 Å². The van der Waals surface area contributed by atoms with Gasteiger partial charge in [0.05, 0.1) is 18.7 Å². The fraction of sp³-hybridized carbons (Fsp3) is 0.750. The van der Waals surface area contributed by atoms with E-state index in [1.807, 2.05) is 34.6 Å². The van der Waals surface area contributed by atoms with E-state index in [0.29, 0.717) is 25.8 Å². The molecule has 0 aromatic rings. The number of nitrogens with zero attached hydrogens (tertiary/aromatic N) is 1. The Hall–Kier alpha value is -3.64. The van der Waals surface area contributed by atoms with E-state index in [0.717, 1.165) is 19.3 Å². The summed E-state index contributed by atoms with van der Waals surface area (Å²) in [6.07, 6.45) is 5.34. The zero-order valence-corrected chi connectivity index (χ0v) is 27.5. The standard InChI is InChI=1S/C32H51N5O8/c1-8-13-21(25(38)27(40)33-16-9-2)34-26(39)24-22-20(31(22,5)6)17-37(24)28(41)23(19(3)4)35-29(42)36-32(14-11-10-12-15-32)18-45-30(43)44-7/h9,19-24H,2,8,10-18H2,1,3-7H3,(H,33,40)(H,34,39)(H2,35,36,42)/t20-,21?,22-,23-,24-/m0/s1. The number of Topliss-reactive ketones (excluding diaryl/α,β-unsaturated/α-hetero) is 1. The van der Waals surface area contributed by atoms with Gasteiger partial charge in [-0.2, -0.15) is 0 Å². The predicted molar refractivity (Wildman–Crippen MR) is 166 cm³/mol. The molecule has 1 saturated heterocycles. The SMILES string of the molecule is C=CCNC(=O)C(=O)C(CCC)NC(=O)[C@@H]1[C@@H]2[C@H](CN1C(=O)[C@@H](NC(=O)NC1(COC(=O)OC)CCCCC1)C(C)C)C2(C)C. The molecule has 1 aliphatic heterocycles. The first-order valence-corrected chi connectivity index (χ1v) is 16.1. The first-order valence-electron chi connectivity index (χ1n) is 16.1. The molecule has 3 fully saturated rings. The molecule has 45 heavy (non-hydrogen) atoms. The Kier molecular flexibility index (Phi) is 12.0. The number of urea groups is 1. The minimum Gasteiger partial charge on any atom is -0.438 e. The van der Waals surface area contributed by atoms with Crippen LogP contribution in [-0.2, 0) is 28.7 Å². The topological polar surface area (TPSA) is 172 Å². The molecule has 0 radical (unpaired) electrons. The van der Waals surface area contributed by atoms with Gasteiger partial charge in [0.25, 0.3) is 5.91 Å². The van der Waals surface area contributed by atoms with Crippen LogP contribution in [0.4, 0.5) is 9.59 Å². The second kappa shape index (κ2) is 15.1. The minimum absolute atomic E-state index is 0.0521. The van der Waals surface area contributed by atoms with Crippen LogP contribution >= 0.6 is 0 Å². The Bertz CT molecular complexity index is 1150. The fourth-order valence-electron chi connectivity index (χ4n) is 6.94.